The number of ether oxygens (including phenoxy) is 1. The average Bonchev–Trinajstić information content (AvgIpc) is 3.33. The number of alkyl halides is 3. The SMILES string of the molecule is COc1ccc2nccc(C(=O)NCCCN3CCC(c4c[nH]c5cc(C(F)(F)F)ccc45)CC3)c2c1. The molecule has 0 spiro atoms. The Morgan fingerprint density at radius 1 is 1.14 bits per heavy atom. The zero-order valence-electron chi connectivity index (χ0n) is 20.6. The number of piperidine rings is 1. The minimum absolute atomic E-state index is 0.132. The standard InChI is InChI=1S/C28H29F3N4O2/c1-37-20-4-6-25-23(16-20)22(7-11-32-25)27(36)33-10-2-12-35-13-8-18(9-14-35)24-17-34-26-15-19(28(29,30)31)3-5-21(24)26/h3-7,11,15-18,34H,2,8-10,12-14H2,1H3,(H,33,36). The van der Waals surface area contributed by atoms with Gasteiger partial charge in [-0.25, -0.2) is 0 Å². The number of hydrogen-bond donors (Lipinski definition) is 2. The molecular formula is C28H29F3N4O2. The number of carbonyl (C=O) groups excluding carboxylic acids is 1. The molecule has 2 aromatic heterocycles. The first-order valence-corrected chi connectivity index (χ1v) is 12.4. The zero-order chi connectivity index (χ0) is 26.0. The van der Waals surface area contributed by atoms with Gasteiger partial charge in [-0.2, -0.15) is 13.2 Å². The van der Waals surface area contributed by atoms with E-state index < -0.39 is 11.7 Å². The van der Waals surface area contributed by atoms with Crippen molar-refractivity contribution in [2.75, 3.05) is 33.3 Å². The molecule has 194 valence electrons. The number of nitrogens with one attached hydrogen (secondary N) is 2. The van der Waals surface area contributed by atoms with E-state index in [0.717, 1.165) is 66.8 Å². The number of carbonyl (C=O) groups is 1. The van der Waals surface area contributed by atoms with Crippen LogP contribution >= 0.6 is 0 Å². The lowest BCUT2D eigenvalue weighted by Crippen LogP contribution is -2.35. The molecule has 2 aromatic carbocycles. The molecule has 0 saturated carbocycles. The summed E-state index contributed by atoms with van der Waals surface area (Å²) in [5.41, 5.74) is 2.31. The van der Waals surface area contributed by atoms with Gasteiger partial charge in [-0.15, -0.1) is 0 Å². The van der Waals surface area contributed by atoms with Crippen molar-refractivity contribution in [1.82, 2.24) is 20.2 Å². The number of benzene rings is 2. The number of aromatic amines is 1. The van der Waals surface area contributed by atoms with Gasteiger partial charge < -0.3 is 19.9 Å². The van der Waals surface area contributed by atoms with Gasteiger partial charge in [0.25, 0.3) is 5.91 Å². The van der Waals surface area contributed by atoms with Crippen molar-refractivity contribution in [3.63, 3.8) is 0 Å². The summed E-state index contributed by atoms with van der Waals surface area (Å²) in [4.78, 5) is 22.5. The maximum absolute atomic E-state index is 13.0. The minimum atomic E-state index is -4.34. The molecule has 1 aliphatic rings. The number of rotatable bonds is 7. The van der Waals surface area contributed by atoms with Crippen LogP contribution in [0.2, 0.25) is 0 Å². The van der Waals surface area contributed by atoms with Crippen LogP contribution < -0.4 is 10.1 Å². The number of aromatic nitrogens is 2. The van der Waals surface area contributed by atoms with E-state index in [1.807, 2.05) is 24.4 Å². The number of halogens is 3. The molecule has 2 N–H and O–H groups in total. The molecule has 0 unspecified atom stereocenters. The first-order chi connectivity index (χ1) is 17.8. The number of likely N-dealkylation sites (tertiary alicyclic amines) is 1. The summed E-state index contributed by atoms with van der Waals surface area (Å²) in [5, 5.41) is 4.64. The minimum Gasteiger partial charge on any atom is -0.497 e. The van der Waals surface area contributed by atoms with Gasteiger partial charge in [0.05, 0.1) is 23.8 Å². The van der Waals surface area contributed by atoms with Gasteiger partial charge in [-0.1, -0.05) is 6.07 Å². The molecule has 37 heavy (non-hydrogen) atoms. The highest BCUT2D eigenvalue weighted by Gasteiger charge is 2.31. The zero-order valence-corrected chi connectivity index (χ0v) is 20.6. The highest BCUT2D eigenvalue weighted by Crippen LogP contribution is 2.36. The molecule has 1 saturated heterocycles. The highest BCUT2D eigenvalue weighted by atomic mass is 19.4. The number of fused-ring (bicyclic) bond motifs is 2. The fourth-order valence-corrected chi connectivity index (χ4v) is 5.18. The second kappa shape index (κ2) is 10.4. The van der Waals surface area contributed by atoms with E-state index in [0.29, 0.717) is 29.3 Å². The first kappa shape index (κ1) is 25.1. The Kier molecular flexibility index (Phi) is 7.06. The van der Waals surface area contributed by atoms with Crippen LogP contribution in [-0.2, 0) is 6.18 Å². The van der Waals surface area contributed by atoms with Crippen LogP contribution in [0.1, 0.15) is 46.7 Å². The van der Waals surface area contributed by atoms with E-state index in [1.165, 1.54) is 6.07 Å². The van der Waals surface area contributed by atoms with Gasteiger partial charge in [0.1, 0.15) is 5.75 Å². The quantitative estimate of drug-likeness (QED) is 0.311. The van der Waals surface area contributed by atoms with Gasteiger partial charge in [0, 0.05) is 35.2 Å². The van der Waals surface area contributed by atoms with E-state index in [1.54, 1.807) is 25.4 Å². The predicted octanol–water partition coefficient (Wildman–Crippen LogP) is 5.74. The number of amides is 1. The largest absolute Gasteiger partial charge is 0.497 e. The van der Waals surface area contributed by atoms with Crippen LogP contribution in [0.5, 0.6) is 5.75 Å². The predicted molar refractivity (Wildman–Crippen MR) is 137 cm³/mol. The topological polar surface area (TPSA) is 70.2 Å². The first-order valence-electron chi connectivity index (χ1n) is 12.4. The van der Waals surface area contributed by atoms with E-state index in [9.17, 15) is 18.0 Å². The van der Waals surface area contributed by atoms with Crippen molar-refractivity contribution in [1.29, 1.82) is 0 Å². The lowest BCUT2D eigenvalue weighted by atomic mass is 9.89. The molecule has 5 rings (SSSR count). The molecule has 1 fully saturated rings. The lowest BCUT2D eigenvalue weighted by molar-refractivity contribution is -0.137. The van der Waals surface area contributed by atoms with Crippen LogP contribution in [0, 0.1) is 0 Å². The van der Waals surface area contributed by atoms with Gasteiger partial charge in [-0.3, -0.25) is 9.78 Å². The van der Waals surface area contributed by atoms with Crippen molar-refractivity contribution in [3.8, 4) is 5.75 Å². The molecule has 0 aliphatic carbocycles. The maximum atomic E-state index is 13.0. The molecule has 6 nitrogen and oxygen atoms in total. The van der Waals surface area contributed by atoms with Crippen molar-refractivity contribution in [2.24, 2.45) is 0 Å². The van der Waals surface area contributed by atoms with Gasteiger partial charge in [0.2, 0.25) is 0 Å². The second-order valence-electron chi connectivity index (χ2n) is 9.47. The summed E-state index contributed by atoms with van der Waals surface area (Å²) < 4.78 is 44.3. The van der Waals surface area contributed by atoms with E-state index in [-0.39, 0.29) is 5.91 Å². The summed E-state index contributed by atoms with van der Waals surface area (Å²) in [7, 11) is 1.59. The summed E-state index contributed by atoms with van der Waals surface area (Å²) in [5.74, 6) is 0.863. The molecule has 0 radical (unpaired) electrons. The van der Waals surface area contributed by atoms with E-state index >= 15 is 0 Å². The normalized spacial score (nSPS) is 15.4. The molecule has 1 aliphatic heterocycles. The summed E-state index contributed by atoms with van der Waals surface area (Å²) in [6.45, 7) is 3.28. The van der Waals surface area contributed by atoms with Gasteiger partial charge in [-0.05, 0) is 86.8 Å². The number of pyridine rings is 1. The Labute approximate surface area is 212 Å². The maximum Gasteiger partial charge on any atom is 0.416 e. The number of methoxy groups -OCH3 is 1. The fraction of sp³-hybridized carbons (Fsp3) is 0.357. The lowest BCUT2D eigenvalue weighted by Gasteiger charge is -2.32. The number of H-pyrrole nitrogens is 1. The molecule has 1 amide bonds. The fourth-order valence-electron chi connectivity index (χ4n) is 5.18. The molecule has 0 bridgehead atoms. The number of hydrogen-bond acceptors (Lipinski definition) is 4. The van der Waals surface area contributed by atoms with Crippen LogP contribution in [0.4, 0.5) is 13.2 Å². The van der Waals surface area contributed by atoms with Crippen molar-refractivity contribution < 1.29 is 22.7 Å². The highest BCUT2D eigenvalue weighted by molar-refractivity contribution is 6.06. The monoisotopic (exact) mass is 510 g/mol. The van der Waals surface area contributed by atoms with Gasteiger partial charge in [0.15, 0.2) is 0 Å². The Morgan fingerprint density at radius 3 is 2.70 bits per heavy atom. The van der Waals surface area contributed by atoms with Crippen LogP contribution in [0.15, 0.2) is 54.9 Å². The Balaban J connectivity index is 1.11. The third-order valence-corrected chi connectivity index (χ3v) is 7.20. The van der Waals surface area contributed by atoms with E-state index in [2.05, 4.69) is 20.2 Å². The van der Waals surface area contributed by atoms with E-state index in [4.69, 9.17) is 4.74 Å². The summed E-state index contributed by atoms with van der Waals surface area (Å²) in [6, 6.07) is 11.1. The number of nitrogens with zero attached hydrogens (tertiary/aromatic N) is 2. The van der Waals surface area contributed by atoms with Crippen LogP contribution in [0.3, 0.4) is 0 Å². The smallest absolute Gasteiger partial charge is 0.416 e. The van der Waals surface area contributed by atoms with Crippen LogP contribution in [-0.4, -0.2) is 54.1 Å². The Hall–Kier alpha value is -3.59. The van der Waals surface area contributed by atoms with Crippen molar-refractivity contribution in [3.05, 3.63) is 71.5 Å². The third kappa shape index (κ3) is 5.41. The molecule has 9 heteroatoms. The van der Waals surface area contributed by atoms with Crippen molar-refractivity contribution in [2.45, 2.75) is 31.4 Å². The van der Waals surface area contributed by atoms with Gasteiger partial charge >= 0.3 is 6.18 Å². The third-order valence-electron chi connectivity index (χ3n) is 7.20. The second-order valence-corrected chi connectivity index (χ2v) is 9.47. The van der Waals surface area contributed by atoms with Crippen molar-refractivity contribution >= 4 is 27.7 Å². The van der Waals surface area contributed by atoms with Crippen LogP contribution in [0.25, 0.3) is 21.8 Å². The Bertz CT molecular complexity index is 1410. The Morgan fingerprint density at radius 2 is 1.95 bits per heavy atom. The average molecular weight is 511 g/mol. The molecular weight excluding hydrogens is 481 g/mol. The molecule has 0 atom stereocenters. The molecule has 3 heterocycles. The summed E-state index contributed by atoms with van der Waals surface area (Å²) >= 11 is 0. The molecule has 4 aromatic rings. The summed E-state index contributed by atoms with van der Waals surface area (Å²) in [6.07, 6.45) is 1.88.